The fraction of sp³-hybridized carbons (Fsp3) is 0.385. The van der Waals surface area contributed by atoms with E-state index in [0.717, 1.165) is 10.5 Å². The Hall–Kier alpha value is -1.92. The topological polar surface area (TPSA) is 78.9 Å². The van der Waals surface area contributed by atoms with Crippen LogP contribution in [0.2, 0.25) is 0 Å². The maximum atomic E-state index is 12.0. The van der Waals surface area contributed by atoms with E-state index in [1.807, 2.05) is 6.07 Å². The second-order valence-corrected chi connectivity index (χ2v) is 4.32. The van der Waals surface area contributed by atoms with Gasteiger partial charge in [-0.05, 0) is 31.7 Å². The summed E-state index contributed by atoms with van der Waals surface area (Å²) in [7, 11) is 1.81. The van der Waals surface area contributed by atoms with Crippen LogP contribution in [0.4, 0.5) is 5.69 Å². The number of carbonyl (C=O) groups excluding carboxylic acids is 2. The molecule has 1 atom stereocenters. The summed E-state index contributed by atoms with van der Waals surface area (Å²) in [6, 6.07) is 5.30. The second kappa shape index (κ2) is 5.38. The smallest absolute Gasteiger partial charge is 0.274 e. The molecule has 2 amide bonds. The molecule has 1 heterocycles. The summed E-state index contributed by atoms with van der Waals surface area (Å²) in [5, 5.41) is 12.0. The van der Waals surface area contributed by atoms with E-state index >= 15 is 0 Å². The molecule has 6 heteroatoms. The van der Waals surface area contributed by atoms with E-state index in [9.17, 15) is 9.59 Å². The molecule has 1 aromatic carbocycles. The van der Waals surface area contributed by atoms with Gasteiger partial charge in [-0.1, -0.05) is 6.07 Å². The standard InChI is InChI=1S/C13H16N2O4/c1-8-13(18)15(12(17)7-16)10-5-9(6-14-2)3-4-11(10)19-8/h3-5,8,14,16H,6-7H2,1-2H3. The maximum absolute atomic E-state index is 12.0. The molecule has 0 fully saturated rings. The van der Waals surface area contributed by atoms with Gasteiger partial charge in [0.25, 0.3) is 11.8 Å². The number of fused-ring (bicyclic) bond motifs is 1. The second-order valence-electron chi connectivity index (χ2n) is 4.32. The summed E-state index contributed by atoms with van der Waals surface area (Å²) in [5.41, 5.74) is 1.30. The quantitative estimate of drug-likeness (QED) is 0.806. The predicted octanol–water partition coefficient (Wildman–Crippen LogP) is 0.0388. The Morgan fingerprint density at radius 3 is 2.89 bits per heavy atom. The van der Waals surface area contributed by atoms with E-state index in [0.29, 0.717) is 18.0 Å². The van der Waals surface area contributed by atoms with Crippen molar-refractivity contribution in [1.82, 2.24) is 5.32 Å². The van der Waals surface area contributed by atoms with E-state index in [2.05, 4.69) is 5.32 Å². The normalized spacial score (nSPS) is 17.9. The molecule has 2 N–H and O–H groups in total. The van der Waals surface area contributed by atoms with Crippen LogP contribution in [-0.2, 0) is 16.1 Å². The van der Waals surface area contributed by atoms with E-state index < -0.39 is 24.5 Å². The van der Waals surface area contributed by atoms with Crippen LogP contribution in [0.1, 0.15) is 12.5 Å². The number of rotatable bonds is 3. The predicted molar refractivity (Wildman–Crippen MR) is 68.9 cm³/mol. The van der Waals surface area contributed by atoms with Crippen molar-refractivity contribution in [3.05, 3.63) is 23.8 Å². The van der Waals surface area contributed by atoms with Gasteiger partial charge in [0.1, 0.15) is 12.4 Å². The van der Waals surface area contributed by atoms with E-state index in [4.69, 9.17) is 9.84 Å². The number of ether oxygens (including phenoxy) is 1. The lowest BCUT2D eigenvalue weighted by Gasteiger charge is -2.31. The molecule has 0 radical (unpaired) electrons. The third kappa shape index (κ3) is 2.45. The third-order valence-corrected chi connectivity index (χ3v) is 2.90. The molecular weight excluding hydrogens is 248 g/mol. The van der Waals surface area contributed by atoms with Gasteiger partial charge in [-0.15, -0.1) is 0 Å². The summed E-state index contributed by atoms with van der Waals surface area (Å²) >= 11 is 0. The van der Waals surface area contributed by atoms with Crippen molar-refractivity contribution in [2.75, 3.05) is 18.6 Å². The molecular formula is C13H16N2O4. The Morgan fingerprint density at radius 2 is 2.26 bits per heavy atom. The summed E-state index contributed by atoms with van der Waals surface area (Å²) in [4.78, 5) is 24.7. The molecule has 1 aromatic rings. The van der Waals surface area contributed by atoms with Crippen LogP contribution in [0, 0.1) is 0 Å². The first-order valence-corrected chi connectivity index (χ1v) is 6.00. The minimum absolute atomic E-state index is 0.384. The summed E-state index contributed by atoms with van der Waals surface area (Å²) in [6.07, 6.45) is -0.738. The average molecular weight is 264 g/mol. The summed E-state index contributed by atoms with van der Waals surface area (Å²) < 4.78 is 5.46. The summed E-state index contributed by atoms with van der Waals surface area (Å²) in [6.45, 7) is 1.47. The molecule has 1 unspecified atom stereocenters. The van der Waals surface area contributed by atoms with Crippen molar-refractivity contribution >= 4 is 17.5 Å². The van der Waals surface area contributed by atoms with E-state index in [-0.39, 0.29) is 0 Å². The average Bonchev–Trinajstić information content (AvgIpc) is 2.40. The van der Waals surface area contributed by atoms with Gasteiger partial charge in [0, 0.05) is 6.54 Å². The number of hydrogen-bond donors (Lipinski definition) is 2. The molecule has 6 nitrogen and oxygen atoms in total. The zero-order valence-electron chi connectivity index (χ0n) is 10.8. The van der Waals surface area contributed by atoms with Crippen molar-refractivity contribution < 1.29 is 19.4 Å². The van der Waals surface area contributed by atoms with Gasteiger partial charge in [0.05, 0.1) is 5.69 Å². The molecule has 0 aromatic heterocycles. The number of imide groups is 1. The van der Waals surface area contributed by atoms with E-state index in [1.165, 1.54) is 0 Å². The van der Waals surface area contributed by atoms with Crippen LogP contribution in [0.25, 0.3) is 0 Å². The number of anilines is 1. The highest BCUT2D eigenvalue weighted by molar-refractivity contribution is 6.18. The zero-order valence-corrected chi connectivity index (χ0v) is 10.8. The Morgan fingerprint density at radius 1 is 1.53 bits per heavy atom. The highest BCUT2D eigenvalue weighted by Crippen LogP contribution is 2.35. The van der Waals surface area contributed by atoms with Gasteiger partial charge < -0.3 is 15.2 Å². The van der Waals surface area contributed by atoms with Crippen molar-refractivity contribution in [2.24, 2.45) is 0 Å². The van der Waals surface area contributed by atoms with Crippen LogP contribution < -0.4 is 15.0 Å². The number of benzene rings is 1. The zero-order chi connectivity index (χ0) is 14.0. The molecule has 0 saturated carbocycles. The molecule has 0 bridgehead atoms. The Balaban J connectivity index is 2.47. The van der Waals surface area contributed by atoms with Crippen molar-refractivity contribution in [3.8, 4) is 5.75 Å². The summed E-state index contributed by atoms with van der Waals surface area (Å²) in [5.74, 6) is -0.648. The lowest BCUT2D eigenvalue weighted by molar-refractivity contribution is -0.132. The van der Waals surface area contributed by atoms with Crippen LogP contribution >= 0.6 is 0 Å². The largest absolute Gasteiger partial charge is 0.479 e. The Labute approximate surface area is 111 Å². The Kier molecular flexibility index (Phi) is 3.82. The van der Waals surface area contributed by atoms with Gasteiger partial charge in [-0.3, -0.25) is 9.59 Å². The molecule has 0 spiro atoms. The number of aliphatic hydroxyl groups is 1. The van der Waals surface area contributed by atoms with Gasteiger partial charge in [0.2, 0.25) is 0 Å². The molecule has 2 rings (SSSR count). The van der Waals surface area contributed by atoms with Gasteiger partial charge in [-0.2, -0.15) is 0 Å². The first-order valence-electron chi connectivity index (χ1n) is 6.00. The first-order chi connectivity index (χ1) is 9.08. The number of hydrogen-bond acceptors (Lipinski definition) is 5. The number of aliphatic hydroxyl groups excluding tert-OH is 1. The van der Waals surface area contributed by atoms with Crippen molar-refractivity contribution in [1.29, 1.82) is 0 Å². The number of amides is 2. The van der Waals surface area contributed by atoms with Crippen LogP contribution in [-0.4, -0.2) is 36.7 Å². The molecule has 1 aliphatic rings. The fourth-order valence-electron chi connectivity index (χ4n) is 2.02. The number of nitrogens with zero attached hydrogens (tertiary/aromatic N) is 1. The Bertz CT molecular complexity index is 515. The molecule has 0 saturated heterocycles. The monoisotopic (exact) mass is 264 g/mol. The lowest BCUT2D eigenvalue weighted by atomic mass is 10.1. The van der Waals surface area contributed by atoms with Crippen molar-refractivity contribution in [3.63, 3.8) is 0 Å². The van der Waals surface area contributed by atoms with Crippen molar-refractivity contribution in [2.45, 2.75) is 19.6 Å². The molecule has 19 heavy (non-hydrogen) atoms. The van der Waals surface area contributed by atoms with Gasteiger partial charge in [-0.25, -0.2) is 4.90 Å². The number of nitrogens with one attached hydrogen (secondary N) is 1. The van der Waals surface area contributed by atoms with Gasteiger partial charge in [0.15, 0.2) is 6.10 Å². The molecule has 0 aliphatic carbocycles. The lowest BCUT2D eigenvalue weighted by Crippen LogP contribution is -2.48. The molecule has 102 valence electrons. The highest BCUT2D eigenvalue weighted by atomic mass is 16.5. The number of carbonyl (C=O) groups is 2. The third-order valence-electron chi connectivity index (χ3n) is 2.90. The van der Waals surface area contributed by atoms with Crippen LogP contribution in [0.5, 0.6) is 5.75 Å². The maximum Gasteiger partial charge on any atom is 0.274 e. The van der Waals surface area contributed by atoms with E-state index in [1.54, 1.807) is 26.1 Å². The minimum Gasteiger partial charge on any atom is -0.479 e. The fourth-order valence-corrected chi connectivity index (χ4v) is 2.02. The first kappa shape index (κ1) is 13.5. The SMILES string of the molecule is CNCc1ccc2c(c1)N(C(=O)CO)C(=O)C(C)O2. The van der Waals surface area contributed by atoms with Crippen LogP contribution in [0.3, 0.4) is 0 Å². The molecule has 1 aliphatic heterocycles. The van der Waals surface area contributed by atoms with Gasteiger partial charge >= 0.3 is 0 Å². The van der Waals surface area contributed by atoms with Crippen LogP contribution in [0.15, 0.2) is 18.2 Å². The highest BCUT2D eigenvalue weighted by Gasteiger charge is 2.35. The minimum atomic E-state index is -0.738.